The number of rotatable bonds is 0. The zero-order chi connectivity index (χ0) is 7.15. The molecule has 0 aliphatic heterocycles. The fraction of sp³-hybridized carbons (Fsp3) is 1.00. The Morgan fingerprint density at radius 3 is 1.62 bits per heavy atom. The minimum atomic E-state index is -3.13. The second kappa shape index (κ2) is 7.40. The summed E-state index contributed by atoms with van der Waals surface area (Å²) < 4.78 is 8.74. The van der Waals surface area contributed by atoms with Crippen molar-refractivity contribution in [2.75, 3.05) is 0 Å². The van der Waals surface area contributed by atoms with Crippen molar-refractivity contribution in [1.82, 2.24) is 0 Å². The van der Waals surface area contributed by atoms with Crippen molar-refractivity contribution in [3.63, 3.8) is 0 Å². The third-order valence-electron chi connectivity index (χ3n) is 0. The Balaban J connectivity index is 0. The largest absolute Gasteiger partial charge is 0.378 e. The molecular weight excluding hydrogens is 154 g/mol. The number of aliphatic hydroxyl groups excluding tert-OH is 1. The van der Waals surface area contributed by atoms with Gasteiger partial charge >= 0.3 is 8.25 Å². The van der Waals surface area contributed by atoms with Crippen LogP contribution in [-0.2, 0) is 4.57 Å². The zero-order valence-corrected chi connectivity index (χ0v) is 5.96. The lowest BCUT2D eigenvalue weighted by Crippen LogP contribution is -1.79. The van der Waals surface area contributed by atoms with Crippen LogP contribution in [0.15, 0.2) is 0 Å². The van der Waals surface area contributed by atoms with Gasteiger partial charge in [0.2, 0.25) is 0 Å². The summed E-state index contributed by atoms with van der Waals surface area (Å²) in [6, 6.07) is 0. The van der Waals surface area contributed by atoms with Gasteiger partial charge in [0.25, 0.3) is 0 Å². The summed E-state index contributed by atoms with van der Waals surface area (Å²) >= 11 is 4.83. The van der Waals surface area contributed by atoms with E-state index >= 15 is 0 Å². The molecule has 3 N–H and O–H groups in total. The van der Waals surface area contributed by atoms with Gasteiger partial charge in [-0.05, 0) is 6.92 Å². The first-order valence-corrected chi connectivity index (χ1v) is 3.44. The highest BCUT2D eigenvalue weighted by molar-refractivity contribution is 7.30. The van der Waals surface area contributed by atoms with Crippen LogP contribution in [0, 0.1) is 0 Å². The van der Waals surface area contributed by atoms with Crippen LogP contribution in [0.5, 0.6) is 0 Å². The monoisotopic (exact) mass is 162 g/mol. The maximum absolute atomic E-state index is 8.74. The molecule has 52 valence electrons. The molecule has 1 atom stereocenters. The average molecular weight is 163 g/mol. The van der Waals surface area contributed by atoms with Crippen LogP contribution in [-0.4, -0.2) is 20.5 Å². The lowest BCUT2D eigenvalue weighted by Gasteiger charge is -1.77. The molecule has 1 unspecified atom stereocenters. The van der Waals surface area contributed by atoms with Crippen LogP contribution in [0.1, 0.15) is 6.92 Å². The average Bonchev–Trinajstić information content (AvgIpc) is 1.25. The molecule has 0 aliphatic carbocycles. The Bertz CT molecular complexity index is 58.3. The second-order valence-corrected chi connectivity index (χ2v) is 2.05. The van der Waals surface area contributed by atoms with Crippen molar-refractivity contribution >= 4 is 19.9 Å². The Kier molecular flexibility index (Phi) is 10.4. The predicted octanol–water partition coefficient (Wildman–Crippen LogP) is -0.0758. The third kappa shape index (κ3) is 1170. The molecule has 6 heteroatoms. The van der Waals surface area contributed by atoms with Crippen LogP contribution >= 0.6 is 19.9 Å². The Labute approximate surface area is 52.7 Å². The van der Waals surface area contributed by atoms with Gasteiger partial charge in [-0.3, -0.25) is 4.57 Å². The van der Waals surface area contributed by atoms with Crippen LogP contribution < -0.4 is 0 Å². The highest BCUT2D eigenvalue weighted by atomic mass is 35.5. The summed E-state index contributed by atoms with van der Waals surface area (Å²) in [5.41, 5.74) is -0.694. The molecule has 0 rings (SSSR count). The molecular formula is C2H8ClO4P. The summed E-state index contributed by atoms with van der Waals surface area (Å²) in [6.07, 6.45) is 0. The van der Waals surface area contributed by atoms with E-state index in [-0.39, 0.29) is 0 Å². The van der Waals surface area contributed by atoms with Gasteiger partial charge in [0.05, 0.1) is 0 Å². The first kappa shape index (κ1) is 11.2. The van der Waals surface area contributed by atoms with Crippen molar-refractivity contribution in [2.24, 2.45) is 0 Å². The van der Waals surface area contributed by atoms with E-state index in [2.05, 4.69) is 0 Å². The van der Waals surface area contributed by atoms with Crippen molar-refractivity contribution in [3.05, 3.63) is 0 Å². The number of alkyl halides is 1. The lowest BCUT2D eigenvalue weighted by atomic mass is 10.9. The Hall–Kier alpha value is 0.400. The van der Waals surface area contributed by atoms with Crippen LogP contribution in [0.3, 0.4) is 0 Å². The lowest BCUT2D eigenvalue weighted by molar-refractivity contribution is 0.277. The van der Waals surface area contributed by atoms with Gasteiger partial charge in [0.1, 0.15) is 5.56 Å². The topological polar surface area (TPSA) is 77.8 Å². The van der Waals surface area contributed by atoms with Crippen molar-refractivity contribution in [2.45, 2.75) is 12.5 Å². The van der Waals surface area contributed by atoms with Crippen molar-refractivity contribution < 1.29 is 19.5 Å². The molecule has 0 saturated heterocycles. The maximum Gasteiger partial charge on any atom is 0.314 e. The number of aliphatic hydroxyl groups is 1. The molecule has 0 bridgehead atoms. The molecule has 0 radical (unpaired) electrons. The van der Waals surface area contributed by atoms with Gasteiger partial charge in [0.15, 0.2) is 0 Å². The molecule has 0 saturated carbocycles. The van der Waals surface area contributed by atoms with E-state index in [0.29, 0.717) is 0 Å². The van der Waals surface area contributed by atoms with Crippen molar-refractivity contribution in [1.29, 1.82) is 0 Å². The maximum atomic E-state index is 8.74. The second-order valence-electron chi connectivity index (χ2n) is 0.857. The van der Waals surface area contributed by atoms with E-state index < -0.39 is 13.8 Å². The van der Waals surface area contributed by atoms with Gasteiger partial charge in [-0.2, -0.15) is 0 Å². The van der Waals surface area contributed by atoms with E-state index in [1.807, 2.05) is 0 Å². The summed E-state index contributed by atoms with van der Waals surface area (Å²) in [7, 11) is -3.13. The van der Waals surface area contributed by atoms with Crippen LogP contribution in [0.25, 0.3) is 0 Å². The fourth-order valence-electron chi connectivity index (χ4n) is 0. The van der Waals surface area contributed by atoms with E-state index in [4.69, 9.17) is 31.1 Å². The van der Waals surface area contributed by atoms with E-state index in [9.17, 15) is 0 Å². The molecule has 0 aliphatic rings. The molecule has 0 aromatic rings. The number of hydrogen-bond donors (Lipinski definition) is 3. The van der Waals surface area contributed by atoms with Gasteiger partial charge in [-0.25, -0.2) is 0 Å². The molecule has 0 aromatic carbocycles. The summed E-state index contributed by atoms with van der Waals surface area (Å²) in [6.45, 7) is 1.49. The quantitative estimate of drug-likeness (QED) is 0.344. The smallest absolute Gasteiger partial charge is 0.314 e. The van der Waals surface area contributed by atoms with E-state index in [1.54, 1.807) is 0 Å². The third-order valence-corrected chi connectivity index (χ3v) is 0. The van der Waals surface area contributed by atoms with E-state index in [0.717, 1.165) is 0 Å². The Morgan fingerprint density at radius 2 is 1.62 bits per heavy atom. The minimum absolute atomic E-state index is 0.694. The summed E-state index contributed by atoms with van der Waals surface area (Å²) in [5.74, 6) is 0. The molecule has 4 nitrogen and oxygen atoms in total. The van der Waals surface area contributed by atoms with Gasteiger partial charge in [-0.1, -0.05) is 11.6 Å². The van der Waals surface area contributed by atoms with E-state index in [1.165, 1.54) is 6.92 Å². The highest BCUT2D eigenvalue weighted by Gasteiger charge is 1.72. The van der Waals surface area contributed by atoms with Crippen molar-refractivity contribution in [3.8, 4) is 0 Å². The predicted molar refractivity (Wildman–Crippen MR) is 31.0 cm³/mol. The van der Waals surface area contributed by atoms with Gasteiger partial charge in [-0.15, -0.1) is 0 Å². The first-order chi connectivity index (χ1) is 3.46. The number of hydrogen-bond acceptors (Lipinski definition) is 2. The molecule has 0 fully saturated rings. The van der Waals surface area contributed by atoms with Gasteiger partial charge in [0, 0.05) is 0 Å². The molecule has 0 amide bonds. The number of halogens is 1. The van der Waals surface area contributed by atoms with Crippen LogP contribution in [0.2, 0.25) is 0 Å². The summed E-state index contributed by atoms with van der Waals surface area (Å²) in [5, 5.41) is 7.82. The first-order valence-electron chi connectivity index (χ1n) is 1.71. The molecule has 0 aromatic heterocycles. The van der Waals surface area contributed by atoms with Gasteiger partial charge < -0.3 is 14.9 Å². The fourth-order valence-corrected chi connectivity index (χ4v) is 0. The van der Waals surface area contributed by atoms with Crippen LogP contribution in [0.4, 0.5) is 0 Å². The normalized spacial score (nSPS) is 12.2. The minimum Gasteiger partial charge on any atom is -0.378 e. The standard InChI is InChI=1S/C2H5ClO.H3O3P/c1-2(3)4;1-4(2)3/h2,4H,1H3;4H,(H2,1,2,3). The highest BCUT2D eigenvalue weighted by Crippen LogP contribution is 1.98. The molecule has 8 heavy (non-hydrogen) atoms. The Morgan fingerprint density at radius 1 is 1.62 bits per heavy atom. The molecule has 0 spiro atoms. The summed E-state index contributed by atoms with van der Waals surface area (Å²) in [4.78, 5) is 14.3. The molecule has 0 heterocycles. The SMILES string of the molecule is CC(O)Cl.O=[PH](O)O. The zero-order valence-electron chi connectivity index (χ0n) is 4.21.